The van der Waals surface area contributed by atoms with Crippen molar-refractivity contribution in [2.45, 2.75) is 19.5 Å². The standard InChI is InChI=1S/C19H17F2N3O5/c1-3-8-28-17(26)12-9(2)22-15-14(16(25)24-19(27)23-15)13(12)10-4-6-11(7-5-10)29-18(20)21/h3-7,13,18H,1,8H2,2H3,(H3,22,23,24,25,27). The molecule has 0 fully saturated rings. The van der Waals surface area contributed by atoms with Crippen molar-refractivity contribution in [1.82, 2.24) is 9.97 Å². The van der Waals surface area contributed by atoms with E-state index in [0.29, 0.717) is 11.3 Å². The molecular formula is C19H17F2N3O5. The van der Waals surface area contributed by atoms with Gasteiger partial charge in [-0.3, -0.25) is 14.8 Å². The summed E-state index contributed by atoms with van der Waals surface area (Å²) in [7, 11) is 0. The molecule has 0 bridgehead atoms. The second-order valence-corrected chi connectivity index (χ2v) is 6.13. The molecular weight excluding hydrogens is 388 g/mol. The maximum Gasteiger partial charge on any atom is 0.387 e. The van der Waals surface area contributed by atoms with Crippen LogP contribution in [0.1, 0.15) is 24.0 Å². The number of ether oxygens (including phenoxy) is 2. The Morgan fingerprint density at radius 2 is 1.93 bits per heavy atom. The minimum Gasteiger partial charge on any atom is -0.458 e. The van der Waals surface area contributed by atoms with Crippen LogP contribution in [0, 0.1) is 0 Å². The van der Waals surface area contributed by atoms with Crippen molar-refractivity contribution in [3.05, 3.63) is 80.2 Å². The molecule has 1 aromatic carbocycles. The predicted molar refractivity (Wildman–Crippen MR) is 100 cm³/mol. The minimum absolute atomic E-state index is 0.0433. The van der Waals surface area contributed by atoms with E-state index >= 15 is 0 Å². The summed E-state index contributed by atoms with van der Waals surface area (Å²) in [6.45, 7) is 2.05. The van der Waals surface area contributed by atoms with Crippen molar-refractivity contribution in [3.63, 3.8) is 0 Å². The van der Waals surface area contributed by atoms with Crippen LogP contribution in [0.25, 0.3) is 0 Å². The normalized spacial score (nSPS) is 15.5. The molecule has 2 aromatic rings. The topological polar surface area (TPSA) is 113 Å². The van der Waals surface area contributed by atoms with Crippen LogP contribution in [-0.4, -0.2) is 29.2 Å². The molecule has 2 heterocycles. The largest absolute Gasteiger partial charge is 0.458 e. The first kappa shape index (κ1) is 20.1. The van der Waals surface area contributed by atoms with Gasteiger partial charge in [0.15, 0.2) is 0 Å². The highest BCUT2D eigenvalue weighted by molar-refractivity contribution is 5.94. The molecule has 1 unspecified atom stereocenters. The highest BCUT2D eigenvalue weighted by Gasteiger charge is 2.36. The molecule has 0 saturated heterocycles. The van der Waals surface area contributed by atoms with Crippen molar-refractivity contribution < 1.29 is 23.0 Å². The molecule has 1 aliphatic heterocycles. The molecule has 3 N–H and O–H groups in total. The van der Waals surface area contributed by atoms with Gasteiger partial charge in [0.2, 0.25) is 0 Å². The van der Waals surface area contributed by atoms with Gasteiger partial charge in [-0.1, -0.05) is 24.8 Å². The maximum absolute atomic E-state index is 12.7. The smallest absolute Gasteiger partial charge is 0.387 e. The fourth-order valence-corrected chi connectivity index (χ4v) is 3.14. The summed E-state index contributed by atoms with van der Waals surface area (Å²) in [4.78, 5) is 41.5. The molecule has 0 aliphatic carbocycles. The van der Waals surface area contributed by atoms with E-state index in [0.717, 1.165) is 0 Å². The third-order valence-electron chi connectivity index (χ3n) is 4.26. The van der Waals surface area contributed by atoms with E-state index in [1.165, 1.54) is 30.3 Å². The average molecular weight is 405 g/mol. The lowest BCUT2D eigenvalue weighted by Gasteiger charge is -2.28. The van der Waals surface area contributed by atoms with Gasteiger partial charge in [-0.15, -0.1) is 0 Å². The summed E-state index contributed by atoms with van der Waals surface area (Å²) in [5.41, 5.74) is -0.382. The number of halogens is 2. The van der Waals surface area contributed by atoms with E-state index in [9.17, 15) is 23.2 Å². The van der Waals surface area contributed by atoms with Crippen molar-refractivity contribution in [3.8, 4) is 5.75 Å². The van der Waals surface area contributed by atoms with Gasteiger partial charge >= 0.3 is 18.3 Å². The molecule has 1 aromatic heterocycles. The van der Waals surface area contributed by atoms with E-state index < -0.39 is 29.7 Å². The monoisotopic (exact) mass is 405 g/mol. The fraction of sp³-hybridized carbons (Fsp3) is 0.211. The Morgan fingerprint density at radius 3 is 2.55 bits per heavy atom. The first-order chi connectivity index (χ1) is 13.8. The van der Waals surface area contributed by atoms with E-state index in [-0.39, 0.29) is 29.3 Å². The number of hydrogen-bond acceptors (Lipinski definition) is 6. The van der Waals surface area contributed by atoms with Gasteiger partial charge in [0, 0.05) is 5.70 Å². The summed E-state index contributed by atoms with van der Waals surface area (Å²) in [5, 5.41) is 2.84. The van der Waals surface area contributed by atoms with Gasteiger partial charge in [0.1, 0.15) is 18.2 Å². The highest BCUT2D eigenvalue weighted by Crippen LogP contribution is 2.39. The number of hydrogen-bond donors (Lipinski definition) is 3. The minimum atomic E-state index is -2.99. The molecule has 1 aliphatic rings. The number of alkyl halides is 2. The molecule has 0 spiro atoms. The number of aromatic amines is 2. The van der Waals surface area contributed by atoms with E-state index in [4.69, 9.17) is 4.74 Å². The van der Waals surface area contributed by atoms with Gasteiger partial charge < -0.3 is 14.8 Å². The number of fused-ring (bicyclic) bond motifs is 1. The zero-order chi connectivity index (χ0) is 21.1. The Bertz CT molecular complexity index is 1090. The number of aromatic nitrogens is 2. The Morgan fingerprint density at radius 1 is 1.24 bits per heavy atom. The SMILES string of the molecule is C=CCOC(=O)C1=C(C)Nc2[nH]c(=O)[nH]c(=O)c2C1c1ccc(OC(F)F)cc1. The Balaban J connectivity index is 2.15. The second-order valence-electron chi connectivity index (χ2n) is 6.13. The quantitative estimate of drug-likeness (QED) is 0.502. The number of nitrogens with one attached hydrogen (secondary N) is 3. The van der Waals surface area contributed by atoms with Crippen LogP contribution in [0.4, 0.5) is 14.6 Å². The first-order valence-corrected chi connectivity index (χ1v) is 8.49. The predicted octanol–water partition coefficient (Wildman–Crippen LogP) is 2.23. The number of H-pyrrole nitrogens is 2. The second kappa shape index (κ2) is 8.13. The van der Waals surface area contributed by atoms with Gasteiger partial charge in [-0.05, 0) is 24.6 Å². The number of carbonyl (C=O) groups is 1. The number of rotatable bonds is 6. The first-order valence-electron chi connectivity index (χ1n) is 8.49. The number of benzene rings is 1. The van der Waals surface area contributed by atoms with Gasteiger partial charge in [-0.2, -0.15) is 8.78 Å². The van der Waals surface area contributed by atoms with Crippen LogP contribution in [0.2, 0.25) is 0 Å². The number of anilines is 1. The van der Waals surface area contributed by atoms with Crippen molar-refractivity contribution in [2.24, 2.45) is 0 Å². The molecule has 152 valence electrons. The summed E-state index contributed by atoms with van der Waals surface area (Å²) in [6, 6.07) is 5.50. The Labute approximate surface area is 162 Å². The Kier molecular flexibility index (Phi) is 5.62. The number of carbonyl (C=O) groups excluding carboxylic acids is 1. The fourth-order valence-electron chi connectivity index (χ4n) is 3.14. The maximum atomic E-state index is 12.7. The molecule has 0 radical (unpaired) electrons. The molecule has 10 heteroatoms. The summed E-state index contributed by atoms with van der Waals surface area (Å²) < 4.78 is 34.3. The summed E-state index contributed by atoms with van der Waals surface area (Å²) in [6.07, 6.45) is 1.40. The molecule has 0 saturated carbocycles. The molecule has 1 atom stereocenters. The lowest BCUT2D eigenvalue weighted by atomic mass is 9.82. The van der Waals surface area contributed by atoms with Gasteiger partial charge in [-0.25, -0.2) is 9.59 Å². The Hall–Kier alpha value is -3.69. The van der Waals surface area contributed by atoms with E-state index in [1.54, 1.807) is 6.92 Å². The molecule has 29 heavy (non-hydrogen) atoms. The third-order valence-corrected chi connectivity index (χ3v) is 4.26. The van der Waals surface area contributed by atoms with Gasteiger partial charge in [0.05, 0.1) is 17.1 Å². The van der Waals surface area contributed by atoms with Crippen molar-refractivity contribution in [2.75, 3.05) is 11.9 Å². The molecule has 3 rings (SSSR count). The number of allylic oxidation sites excluding steroid dienone is 1. The molecule has 0 amide bonds. The van der Waals surface area contributed by atoms with Crippen LogP contribution in [0.15, 0.2) is 57.8 Å². The van der Waals surface area contributed by atoms with Crippen molar-refractivity contribution >= 4 is 11.8 Å². The van der Waals surface area contributed by atoms with Crippen LogP contribution >= 0.6 is 0 Å². The van der Waals surface area contributed by atoms with Crippen LogP contribution in [-0.2, 0) is 9.53 Å². The lowest BCUT2D eigenvalue weighted by molar-refractivity contribution is -0.138. The average Bonchev–Trinajstić information content (AvgIpc) is 2.65. The number of esters is 1. The zero-order valence-electron chi connectivity index (χ0n) is 15.3. The van der Waals surface area contributed by atoms with Crippen LogP contribution in [0.5, 0.6) is 5.75 Å². The molecule has 8 nitrogen and oxygen atoms in total. The lowest BCUT2D eigenvalue weighted by Crippen LogP contribution is -2.35. The van der Waals surface area contributed by atoms with E-state index in [1.807, 2.05) is 0 Å². The zero-order valence-corrected chi connectivity index (χ0v) is 15.3. The summed E-state index contributed by atoms with van der Waals surface area (Å²) in [5.74, 6) is -1.55. The highest BCUT2D eigenvalue weighted by atomic mass is 19.3. The van der Waals surface area contributed by atoms with Crippen LogP contribution < -0.4 is 21.3 Å². The summed E-state index contributed by atoms with van der Waals surface area (Å²) >= 11 is 0. The third kappa shape index (κ3) is 4.10. The van der Waals surface area contributed by atoms with Gasteiger partial charge in [0.25, 0.3) is 5.56 Å². The van der Waals surface area contributed by atoms with Crippen molar-refractivity contribution in [1.29, 1.82) is 0 Å². The van der Waals surface area contributed by atoms with Crippen LogP contribution in [0.3, 0.4) is 0 Å². The van der Waals surface area contributed by atoms with E-state index in [2.05, 4.69) is 26.6 Å².